The van der Waals surface area contributed by atoms with Gasteiger partial charge in [0, 0.05) is 32.1 Å². The zero-order chi connectivity index (χ0) is 19.9. The predicted molar refractivity (Wildman–Crippen MR) is 109 cm³/mol. The van der Waals surface area contributed by atoms with Gasteiger partial charge in [-0.15, -0.1) is 0 Å². The number of anilines is 1. The van der Waals surface area contributed by atoms with Gasteiger partial charge in [0.25, 0.3) is 0 Å². The van der Waals surface area contributed by atoms with Crippen molar-refractivity contribution in [1.29, 1.82) is 0 Å². The molecule has 0 aliphatic carbocycles. The number of para-hydroxylation sites is 1. The number of rotatable bonds is 4. The number of nitrogens with zero attached hydrogens (tertiary/aromatic N) is 3. The van der Waals surface area contributed by atoms with Crippen molar-refractivity contribution in [2.45, 2.75) is 5.92 Å². The summed E-state index contributed by atoms with van der Waals surface area (Å²) < 4.78 is 21.1. The Kier molecular flexibility index (Phi) is 5.73. The molecule has 10 heteroatoms. The minimum atomic E-state index is -0.657. The Labute approximate surface area is 174 Å². The maximum absolute atomic E-state index is 13.9. The molecule has 1 N–H and O–H groups in total. The lowest BCUT2D eigenvalue weighted by atomic mass is 9.90. The molecule has 6 nitrogen and oxygen atoms in total. The summed E-state index contributed by atoms with van der Waals surface area (Å²) in [5, 5.41) is 7.43. The molecule has 2 heterocycles. The summed E-state index contributed by atoms with van der Waals surface area (Å²) in [6.07, 6.45) is 0. The van der Waals surface area contributed by atoms with Crippen LogP contribution in [0.15, 0.2) is 22.8 Å². The average molecular weight is 476 g/mol. The molecule has 144 valence electrons. The van der Waals surface area contributed by atoms with Crippen molar-refractivity contribution < 1.29 is 13.9 Å². The van der Waals surface area contributed by atoms with Crippen molar-refractivity contribution >= 4 is 56.3 Å². The molecule has 27 heavy (non-hydrogen) atoms. The van der Waals surface area contributed by atoms with E-state index in [9.17, 15) is 9.18 Å². The molecule has 1 saturated heterocycles. The van der Waals surface area contributed by atoms with Crippen molar-refractivity contribution in [1.82, 2.24) is 14.7 Å². The molecule has 1 aromatic heterocycles. The molecule has 2 atom stereocenters. The van der Waals surface area contributed by atoms with Gasteiger partial charge in [-0.3, -0.25) is 9.48 Å². The summed E-state index contributed by atoms with van der Waals surface area (Å²) in [7, 11) is 4.89. The van der Waals surface area contributed by atoms with Crippen LogP contribution in [0.5, 0.6) is 5.75 Å². The van der Waals surface area contributed by atoms with Crippen LogP contribution in [-0.4, -0.2) is 46.3 Å². The van der Waals surface area contributed by atoms with Gasteiger partial charge in [-0.25, -0.2) is 4.39 Å². The van der Waals surface area contributed by atoms with Crippen LogP contribution in [0.1, 0.15) is 11.5 Å². The summed E-state index contributed by atoms with van der Waals surface area (Å²) in [6, 6.07) is 4.33. The van der Waals surface area contributed by atoms with E-state index < -0.39 is 11.7 Å². The molecule has 1 aromatic carbocycles. The Hall–Kier alpha value is -1.71. The smallest absolute Gasteiger partial charge is 0.235 e. The van der Waals surface area contributed by atoms with Crippen molar-refractivity contribution in [3.63, 3.8) is 0 Å². The second-order valence-corrected chi connectivity index (χ2v) is 7.76. The molecular weight excluding hydrogens is 459 g/mol. The lowest BCUT2D eigenvalue weighted by Crippen LogP contribution is -2.31. The number of hydrogen-bond acceptors (Lipinski definition) is 4. The lowest BCUT2D eigenvalue weighted by Gasteiger charge is -2.19. The van der Waals surface area contributed by atoms with Gasteiger partial charge >= 0.3 is 0 Å². The zero-order valence-corrected chi connectivity index (χ0v) is 18.0. The van der Waals surface area contributed by atoms with Crippen LogP contribution in [0.3, 0.4) is 0 Å². The van der Waals surface area contributed by atoms with Crippen molar-refractivity contribution in [2.24, 2.45) is 13.0 Å². The minimum Gasteiger partial charge on any atom is -0.492 e. The number of halogens is 3. The molecule has 1 aliphatic heterocycles. The Bertz CT molecular complexity index is 923. The normalized spacial score (nSPS) is 19.5. The standard InChI is InChI=1S/C17H17BrClFN4O2S/c1-23-7-8(11-14(18)22-24(2)15(11)19)12(17(23)27)16(25)21-10-6-4-5-9(20)13(10)26-3/h4-6,8,12H,7H2,1-3H3,(H,21,25)/t8-,12+/m1/s1. The van der Waals surface area contributed by atoms with E-state index in [1.165, 1.54) is 23.9 Å². The molecule has 3 rings (SSSR count). The summed E-state index contributed by atoms with van der Waals surface area (Å²) in [6.45, 7) is 0.515. The van der Waals surface area contributed by atoms with Gasteiger partial charge in [0.1, 0.15) is 9.76 Å². The van der Waals surface area contributed by atoms with Gasteiger partial charge in [-0.05, 0) is 28.1 Å². The summed E-state index contributed by atoms with van der Waals surface area (Å²) in [4.78, 5) is 15.4. The van der Waals surface area contributed by atoms with E-state index in [2.05, 4.69) is 26.3 Å². The number of methoxy groups -OCH3 is 1. The van der Waals surface area contributed by atoms with E-state index in [4.69, 9.17) is 28.6 Å². The van der Waals surface area contributed by atoms with Crippen molar-refractivity contribution in [3.8, 4) is 5.75 Å². The number of thiocarbonyl (C=S) groups is 1. The number of likely N-dealkylation sites (N-methyl/N-ethyl adjacent to an activating group) is 1. The van der Waals surface area contributed by atoms with Crippen molar-refractivity contribution in [2.75, 3.05) is 26.0 Å². The Morgan fingerprint density at radius 1 is 1.48 bits per heavy atom. The number of aromatic nitrogens is 2. The van der Waals surface area contributed by atoms with Gasteiger partial charge < -0.3 is 15.0 Å². The first-order chi connectivity index (χ1) is 12.8. The highest BCUT2D eigenvalue weighted by Crippen LogP contribution is 2.41. The van der Waals surface area contributed by atoms with Crippen LogP contribution >= 0.6 is 39.7 Å². The average Bonchev–Trinajstić information content (AvgIpc) is 3.03. The molecule has 0 bridgehead atoms. The fourth-order valence-corrected chi connectivity index (χ4v) is 4.72. The molecule has 1 aliphatic rings. The number of carbonyl (C=O) groups excluding carboxylic acids is 1. The highest BCUT2D eigenvalue weighted by atomic mass is 79.9. The summed E-state index contributed by atoms with van der Waals surface area (Å²) in [5.41, 5.74) is 0.965. The van der Waals surface area contributed by atoms with E-state index in [0.29, 0.717) is 21.3 Å². The Morgan fingerprint density at radius 2 is 2.19 bits per heavy atom. The van der Waals surface area contributed by atoms with E-state index in [0.717, 1.165) is 5.56 Å². The molecular formula is C17H17BrClFN4O2S. The van der Waals surface area contributed by atoms with E-state index in [1.807, 2.05) is 11.9 Å². The van der Waals surface area contributed by atoms with Crippen LogP contribution in [0.25, 0.3) is 0 Å². The van der Waals surface area contributed by atoms with E-state index in [1.54, 1.807) is 13.1 Å². The third-order valence-electron chi connectivity index (χ3n) is 4.56. The largest absolute Gasteiger partial charge is 0.492 e. The highest BCUT2D eigenvalue weighted by Gasteiger charge is 2.44. The maximum Gasteiger partial charge on any atom is 0.235 e. The molecule has 1 fully saturated rings. The van der Waals surface area contributed by atoms with Gasteiger partial charge in [0.05, 0.1) is 23.7 Å². The molecule has 0 spiro atoms. The second kappa shape index (κ2) is 7.73. The van der Waals surface area contributed by atoms with Crippen LogP contribution in [-0.2, 0) is 11.8 Å². The molecule has 0 unspecified atom stereocenters. The first kappa shape index (κ1) is 20.0. The molecule has 0 radical (unpaired) electrons. The van der Waals surface area contributed by atoms with Gasteiger partial charge in [-0.1, -0.05) is 29.9 Å². The van der Waals surface area contributed by atoms with E-state index in [-0.39, 0.29) is 23.3 Å². The Morgan fingerprint density at radius 3 is 2.78 bits per heavy atom. The van der Waals surface area contributed by atoms with Crippen LogP contribution in [0.4, 0.5) is 10.1 Å². The number of carbonyl (C=O) groups is 1. The lowest BCUT2D eigenvalue weighted by molar-refractivity contribution is -0.118. The fourth-order valence-electron chi connectivity index (χ4n) is 3.27. The maximum atomic E-state index is 13.9. The number of hydrogen-bond donors (Lipinski definition) is 1. The number of nitrogens with one attached hydrogen (secondary N) is 1. The number of amides is 1. The monoisotopic (exact) mass is 474 g/mol. The summed E-state index contributed by atoms with van der Waals surface area (Å²) in [5.74, 6) is -1.89. The van der Waals surface area contributed by atoms with Crippen molar-refractivity contribution in [3.05, 3.63) is 39.3 Å². The molecule has 0 saturated carbocycles. The number of likely N-dealkylation sites (tertiary alicyclic amines) is 1. The molecule has 1 amide bonds. The topological polar surface area (TPSA) is 59.4 Å². The van der Waals surface area contributed by atoms with Gasteiger partial charge in [0.15, 0.2) is 11.6 Å². The van der Waals surface area contributed by atoms with Crippen LogP contribution in [0.2, 0.25) is 5.15 Å². The minimum absolute atomic E-state index is 0.0275. The van der Waals surface area contributed by atoms with Crippen LogP contribution < -0.4 is 10.1 Å². The third-order valence-corrected chi connectivity index (χ3v) is 6.16. The Balaban J connectivity index is 1.96. The van der Waals surface area contributed by atoms with Gasteiger partial charge in [-0.2, -0.15) is 5.10 Å². The number of ether oxygens (including phenoxy) is 1. The van der Waals surface area contributed by atoms with Crippen LogP contribution in [0, 0.1) is 11.7 Å². The fraction of sp³-hybridized carbons (Fsp3) is 0.353. The van der Waals surface area contributed by atoms with E-state index >= 15 is 0 Å². The third kappa shape index (κ3) is 3.55. The predicted octanol–water partition coefficient (Wildman–Crippen LogP) is 3.60. The quantitative estimate of drug-likeness (QED) is 0.685. The SMILES string of the molecule is COc1c(F)cccc1NC(=O)[C@H]1C(=S)N(C)C[C@@H]1c1c(Br)nn(C)c1Cl. The summed E-state index contributed by atoms with van der Waals surface area (Å²) >= 11 is 15.3. The zero-order valence-electron chi connectivity index (χ0n) is 14.8. The number of aryl methyl sites for hydroxylation is 1. The number of benzene rings is 1. The highest BCUT2D eigenvalue weighted by molar-refractivity contribution is 9.10. The first-order valence-electron chi connectivity index (χ1n) is 8.02. The van der Waals surface area contributed by atoms with Gasteiger partial charge in [0.2, 0.25) is 5.91 Å². The second-order valence-electron chi connectivity index (χ2n) is 6.23. The molecule has 2 aromatic rings. The first-order valence-corrected chi connectivity index (χ1v) is 9.60.